The first-order valence-electron chi connectivity index (χ1n) is 6.88. The summed E-state index contributed by atoms with van der Waals surface area (Å²) < 4.78 is 0. The highest BCUT2D eigenvalue weighted by atomic mass is 32.1. The van der Waals surface area contributed by atoms with Gasteiger partial charge >= 0.3 is 0 Å². The van der Waals surface area contributed by atoms with E-state index in [-0.39, 0.29) is 12.1 Å². The molecule has 2 heterocycles. The second kappa shape index (κ2) is 6.92. The van der Waals surface area contributed by atoms with E-state index in [4.69, 9.17) is 5.11 Å². The van der Waals surface area contributed by atoms with Gasteiger partial charge in [-0.1, -0.05) is 13.0 Å². The van der Waals surface area contributed by atoms with Crippen molar-refractivity contribution in [3.8, 4) is 10.7 Å². The van der Waals surface area contributed by atoms with Crippen LogP contribution in [0.4, 0.5) is 0 Å². The fourth-order valence-corrected chi connectivity index (χ4v) is 2.73. The van der Waals surface area contributed by atoms with Gasteiger partial charge in [0.05, 0.1) is 11.4 Å². The summed E-state index contributed by atoms with van der Waals surface area (Å²) in [5.74, 6) is 0. The van der Waals surface area contributed by atoms with Gasteiger partial charge < -0.3 is 10.4 Å². The van der Waals surface area contributed by atoms with Crippen LogP contribution in [0.25, 0.3) is 10.7 Å². The molecule has 20 heavy (non-hydrogen) atoms. The molecule has 0 fully saturated rings. The Bertz CT molecular complexity index is 529. The van der Waals surface area contributed by atoms with Crippen molar-refractivity contribution in [1.29, 1.82) is 0 Å². The molecule has 0 spiro atoms. The minimum absolute atomic E-state index is 0.0382. The third kappa shape index (κ3) is 3.85. The number of nitrogens with one attached hydrogen (secondary N) is 1. The highest BCUT2D eigenvalue weighted by Gasteiger charge is 2.20. The van der Waals surface area contributed by atoms with Crippen LogP contribution >= 0.6 is 11.3 Å². The number of rotatable bonds is 7. The summed E-state index contributed by atoms with van der Waals surface area (Å²) in [5, 5.41) is 15.6. The molecule has 0 aliphatic heterocycles. The number of aromatic nitrogens is 2. The largest absolute Gasteiger partial charge is 0.396 e. The van der Waals surface area contributed by atoms with E-state index in [1.807, 2.05) is 18.2 Å². The zero-order valence-electron chi connectivity index (χ0n) is 12.0. The first-order valence-corrected chi connectivity index (χ1v) is 7.76. The molecule has 0 amide bonds. The average Bonchev–Trinajstić information content (AvgIpc) is 2.95. The molecule has 2 aromatic heterocycles. The Morgan fingerprint density at radius 2 is 2.25 bits per heavy atom. The molecule has 1 atom stereocenters. The van der Waals surface area contributed by atoms with Gasteiger partial charge in [0.2, 0.25) is 0 Å². The quantitative estimate of drug-likeness (QED) is 0.823. The van der Waals surface area contributed by atoms with Crippen molar-refractivity contribution in [2.45, 2.75) is 38.8 Å². The molecule has 0 radical (unpaired) electrons. The van der Waals surface area contributed by atoms with Crippen molar-refractivity contribution in [2.24, 2.45) is 0 Å². The van der Waals surface area contributed by atoms with Gasteiger partial charge in [-0.2, -0.15) is 0 Å². The van der Waals surface area contributed by atoms with Crippen molar-refractivity contribution in [1.82, 2.24) is 15.3 Å². The molecule has 1 unspecified atom stereocenters. The van der Waals surface area contributed by atoms with Gasteiger partial charge in [-0.15, -0.1) is 11.3 Å². The molecule has 0 saturated carbocycles. The van der Waals surface area contributed by atoms with E-state index in [0.717, 1.165) is 29.2 Å². The molecule has 0 aliphatic carbocycles. The van der Waals surface area contributed by atoms with Crippen LogP contribution in [-0.4, -0.2) is 27.2 Å². The molecule has 0 aromatic carbocycles. The average molecular weight is 291 g/mol. The zero-order chi connectivity index (χ0) is 14.4. The van der Waals surface area contributed by atoms with Crippen molar-refractivity contribution in [3.05, 3.63) is 35.5 Å². The van der Waals surface area contributed by atoms with Gasteiger partial charge in [-0.05, 0) is 31.9 Å². The molecule has 2 rings (SSSR count). The Hall–Kier alpha value is -1.30. The number of aliphatic hydroxyl groups is 1. The van der Waals surface area contributed by atoms with E-state index in [1.165, 1.54) is 0 Å². The summed E-state index contributed by atoms with van der Waals surface area (Å²) in [5.41, 5.74) is 1.90. The molecule has 2 aromatic rings. The second-order valence-corrected chi connectivity index (χ2v) is 5.96. The standard InChI is InChI=1S/C15H21N3OS/c1-3-15(2,7-9-19)17-10-12-11-20-14(18-12)13-6-4-5-8-16-13/h4-6,8,11,17,19H,3,7,9-10H2,1-2H3. The number of aliphatic hydroxyl groups excluding tert-OH is 1. The van der Waals surface area contributed by atoms with Gasteiger partial charge in [-0.25, -0.2) is 4.98 Å². The first-order chi connectivity index (χ1) is 9.67. The lowest BCUT2D eigenvalue weighted by Crippen LogP contribution is -2.42. The van der Waals surface area contributed by atoms with E-state index in [9.17, 15) is 0 Å². The maximum Gasteiger partial charge on any atom is 0.142 e. The minimum Gasteiger partial charge on any atom is -0.396 e. The molecule has 0 saturated heterocycles. The highest BCUT2D eigenvalue weighted by molar-refractivity contribution is 7.13. The van der Waals surface area contributed by atoms with Gasteiger partial charge in [0, 0.05) is 30.3 Å². The molecule has 4 nitrogen and oxygen atoms in total. The normalized spacial score (nSPS) is 14.2. The second-order valence-electron chi connectivity index (χ2n) is 5.10. The Balaban J connectivity index is 2.00. The van der Waals surface area contributed by atoms with E-state index in [2.05, 4.69) is 34.5 Å². The minimum atomic E-state index is -0.0382. The van der Waals surface area contributed by atoms with Crippen LogP contribution in [0.3, 0.4) is 0 Å². The third-order valence-corrected chi connectivity index (χ3v) is 4.49. The van der Waals surface area contributed by atoms with Gasteiger partial charge in [0.1, 0.15) is 5.01 Å². The Morgan fingerprint density at radius 1 is 1.40 bits per heavy atom. The van der Waals surface area contributed by atoms with E-state index < -0.39 is 0 Å². The maximum atomic E-state index is 9.12. The van der Waals surface area contributed by atoms with Crippen molar-refractivity contribution in [3.63, 3.8) is 0 Å². The van der Waals surface area contributed by atoms with Gasteiger partial charge in [0.25, 0.3) is 0 Å². The zero-order valence-corrected chi connectivity index (χ0v) is 12.8. The Morgan fingerprint density at radius 3 is 2.90 bits per heavy atom. The fraction of sp³-hybridized carbons (Fsp3) is 0.467. The van der Waals surface area contributed by atoms with Gasteiger partial charge in [-0.3, -0.25) is 4.98 Å². The number of hydrogen-bond donors (Lipinski definition) is 2. The number of nitrogens with zero attached hydrogens (tertiary/aromatic N) is 2. The van der Waals surface area contributed by atoms with Gasteiger partial charge in [0.15, 0.2) is 0 Å². The predicted octanol–water partition coefficient (Wildman–Crippen LogP) is 2.85. The van der Waals surface area contributed by atoms with Crippen LogP contribution in [0.15, 0.2) is 29.8 Å². The number of hydrogen-bond acceptors (Lipinski definition) is 5. The summed E-state index contributed by atoms with van der Waals surface area (Å²) in [4.78, 5) is 8.92. The lowest BCUT2D eigenvalue weighted by atomic mass is 9.95. The topological polar surface area (TPSA) is 58.0 Å². The van der Waals surface area contributed by atoms with Crippen molar-refractivity contribution >= 4 is 11.3 Å². The first kappa shape index (κ1) is 15.1. The van der Waals surface area contributed by atoms with Crippen molar-refractivity contribution < 1.29 is 5.11 Å². The molecule has 2 N–H and O–H groups in total. The molecule has 5 heteroatoms. The van der Waals surface area contributed by atoms with Crippen LogP contribution in [0.1, 0.15) is 32.4 Å². The summed E-state index contributed by atoms with van der Waals surface area (Å²) in [6.45, 7) is 5.18. The predicted molar refractivity (Wildman–Crippen MR) is 82.6 cm³/mol. The van der Waals surface area contributed by atoms with Crippen LogP contribution < -0.4 is 5.32 Å². The fourth-order valence-electron chi connectivity index (χ4n) is 1.94. The van der Waals surface area contributed by atoms with E-state index in [1.54, 1.807) is 17.5 Å². The number of thiazole rings is 1. The number of pyridine rings is 1. The summed E-state index contributed by atoms with van der Waals surface area (Å²) in [6.07, 6.45) is 3.51. The van der Waals surface area contributed by atoms with E-state index in [0.29, 0.717) is 6.54 Å². The van der Waals surface area contributed by atoms with Crippen LogP contribution in [0.2, 0.25) is 0 Å². The SMILES string of the molecule is CCC(C)(CCO)NCc1csc(-c2ccccn2)n1. The van der Waals surface area contributed by atoms with Crippen molar-refractivity contribution in [2.75, 3.05) is 6.61 Å². The Kier molecular flexibility index (Phi) is 5.23. The van der Waals surface area contributed by atoms with Crippen LogP contribution in [0, 0.1) is 0 Å². The summed E-state index contributed by atoms with van der Waals surface area (Å²) >= 11 is 1.61. The lowest BCUT2D eigenvalue weighted by molar-refractivity contribution is 0.214. The highest BCUT2D eigenvalue weighted by Crippen LogP contribution is 2.22. The molecular weight excluding hydrogens is 270 g/mol. The maximum absolute atomic E-state index is 9.12. The molecule has 108 valence electrons. The monoisotopic (exact) mass is 291 g/mol. The van der Waals surface area contributed by atoms with Crippen LogP contribution in [-0.2, 0) is 6.54 Å². The van der Waals surface area contributed by atoms with E-state index >= 15 is 0 Å². The third-order valence-electron chi connectivity index (χ3n) is 3.58. The molecule has 0 aliphatic rings. The molecule has 0 bridgehead atoms. The lowest BCUT2D eigenvalue weighted by Gasteiger charge is -2.28. The summed E-state index contributed by atoms with van der Waals surface area (Å²) in [6, 6.07) is 5.84. The summed E-state index contributed by atoms with van der Waals surface area (Å²) in [7, 11) is 0. The molecular formula is C15H21N3OS. The van der Waals surface area contributed by atoms with Crippen LogP contribution in [0.5, 0.6) is 0 Å². The smallest absolute Gasteiger partial charge is 0.142 e. The Labute approximate surface area is 123 Å².